The zero-order chi connectivity index (χ0) is 14.4. The first-order valence-electron chi connectivity index (χ1n) is 5.84. The van der Waals surface area contributed by atoms with E-state index in [-0.39, 0.29) is 11.6 Å². The Bertz CT molecular complexity index is 678. The summed E-state index contributed by atoms with van der Waals surface area (Å²) in [7, 11) is 1.55. The van der Waals surface area contributed by atoms with Gasteiger partial charge in [-0.05, 0) is 23.7 Å². The third-order valence-electron chi connectivity index (χ3n) is 2.63. The van der Waals surface area contributed by atoms with Gasteiger partial charge < -0.3 is 10.1 Å². The van der Waals surface area contributed by atoms with E-state index in [0.717, 1.165) is 0 Å². The summed E-state index contributed by atoms with van der Waals surface area (Å²) in [6.45, 7) is 0. The van der Waals surface area contributed by atoms with E-state index in [4.69, 9.17) is 10.3 Å². The number of hydrogen-bond acceptors (Lipinski definition) is 3. The number of rotatable bonds is 4. The SMILES string of the molecule is COc1cccc(NC(=O)c2ccccc2N=[N+]=[N-])c1. The Kier molecular flexibility index (Phi) is 4.21. The van der Waals surface area contributed by atoms with Gasteiger partial charge in [0.15, 0.2) is 0 Å². The molecule has 0 bridgehead atoms. The van der Waals surface area contributed by atoms with Crippen molar-refractivity contribution in [3.05, 3.63) is 64.5 Å². The largest absolute Gasteiger partial charge is 0.497 e. The molecule has 0 saturated carbocycles. The predicted molar refractivity (Wildman–Crippen MR) is 76.2 cm³/mol. The topological polar surface area (TPSA) is 87.1 Å². The molecule has 0 atom stereocenters. The number of ether oxygens (including phenoxy) is 1. The molecule has 2 aromatic rings. The van der Waals surface area contributed by atoms with Crippen LogP contribution in [0, 0.1) is 0 Å². The van der Waals surface area contributed by atoms with Crippen LogP contribution < -0.4 is 10.1 Å². The van der Waals surface area contributed by atoms with Crippen LogP contribution in [-0.2, 0) is 0 Å². The van der Waals surface area contributed by atoms with E-state index in [1.54, 1.807) is 55.6 Å². The third kappa shape index (κ3) is 3.07. The lowest BCUT2D eigenvalue weighted by Gasteiger charge is -2.08. The van der Waals surface area contributed by atoms with Gasteiger partial charge in [0.2, 0.25) is 0 Å². The van der Waals surface area contributed by atoms with E-state index < -0.39 is 0 Å². The molecule has 6 heteroatoms. The van der Waals surface area contributed by atoms with E-state index in [9.17, 15) is 4.79 Å². The van der Waals surface area contributed by atoms with Gasteiger partial charge in [0.25, 0.3) is 5.91 Å². The van der Waals surface area contributed by atoms with Gasteiger partial charge in [0.05, 0.1) is 12.8 Å². The summed E-state index contributed by atoms with van der Waals surface area (Å²) in [6.07, 6.45) is 0. The lowest BCUT2D eigenvalue weighted by molar-refractivity contribution is 0.102. The molecule has 0 fully saturated rings. The van der Waals surface area contributed by atoms with Gasteiger partial charge in [0, 0.05) is 22.2 Å². The average Bonchev–Trinajstić information content (AvgIpc) is 2.48. The highest BCUT2D eigenvalue weighted by atomic mass is 16.5. The predicted octanol–water partition coefficient (Wildman–Crippen LogP) is 3.89. The van der Waals surface area contributed by atoms with E-state index in [0.29, 0.717) is 17.0 Å². The molecule has 1 amide bonds. The number of methoxy groups -OCH3 is 1. The number of azide groups is 1. The van der Waals surface area contributed by atoms with Crippen LogP contribution in [0.3, 0.4) is 0 Å². The van der Waals surface area contributed by atoms with E-state index in [1.165, 1.54) is 0 Å². The van der Waals surface area contributed by atoms with Crippen LogP contribution in [0.2, 0.25) is 0 Å². The van der Waals surface area contributed by atoms with E-state index in [1.807, 2.05) is 0 Å². The number of benzene rings is 2. The standard InChI is InChI=1S/C14H12N4O2/c1-20-11-6-4-5-10(9-11)16-14(19)12-7-2-3-8-13(12)17-18-15/h2-9H,1H3,(H,16,19). The molecular formula is C14H12N4O2. The zero-order valence-electron chi connectivity index (χ0n) is 10.8. The molecular weight excluding hydrogens is 256 g/mol. The summed E-state index contributed by atoms with van der Waals surface area (Å²) in [4.78, 5) is 14.9. The smallest absolute Gasteiger partial charge is 0.256 e. The molecule has 0 saturated heterocycles. The molecule has 0 aromatic heterocycles. The molecule has 0 spiro atoms. The van der Waals surface area contributed by atoms with Gasteiger partial charge in [-0.1, -0.05) is 29.4 Å². The summed E-state index contributed by atoms with van der Waals surface area (Å²) in [5.41, 5.74) is 9.70. The van der Waals surface area contributed by atoms with Crippen molar-refractivity contribution in [3.63, 3.8) is 0 Å². The molecule has 0 aliphatic heterocycles. The van der Waals surface area contributed by atoms with Crippen molar-refractivity contribution in [2.24, 2.45) is 5.11 Å². The number of nitrogens with zero attached hydrogens (tertiary/aromatic N) is 3. The number of carbonyl (C=O) groups excluding carboxylic acids is 1. The highest BCUT2D eigenvalue weighted by Gasteiger charge is 2.10. The molecule has 2 rings (SSSR count). The number of hydrogen-bond donors (Lipinski definition) is 1. The summed E-state index contributed by atoms with van der Waals surface area (Å²) < 4.78 is 5.09. The van der Waals surface area contributed by atoms with Gasteiger partial charge >= 0.3 is 0 Å². The van der Waals surface area contributed by atoms with Gasteiger partial charge in [-0.15, -0.1) is 0 Å². The zero-order valence-corrected chi connectivity index (χ0v) is 10.8. The van der Waals surface area contributed by atoms with Crippen molar-refractivity contribution >= 4 is 17.3 Å². The second kappa shape index (κ2) is 6.26. The number of anilines is 1. The van der Waals surface area contributed by atoms with Crippen molar-refractivity contribution in [1.29, 1.82) is 0 Å². The maximum absolute atomic E-state index is 12.2. The molecule has 0 heterocycles. The quantitative estimate of drug-likeness (QED) is 0.518. The summed E-state index contributed by atoms with van der Waals surface area (Å²) in [5, 5.41) is 6.23. The van der Waals surface area contributed by atoms with Gasteiger partial charge in [-0.3, -0.25) is 4.79 Å². The van der Waals surface area contributed by atoms with Crippen LogP contribution in [0.5, 0.6) is 5.75 Å². The minimum Gasteiger partial charge on any atom is -0.497 e. The lowest BCUT2D eigenvalue weighted by atomic mass is 10.1. The van der Waals surface area contributed by atoms with Crippen LogP contribution in [0.4, 0.5) is 11.4 Å². The highest BCUT2D eigenvalue weighted by molar-refractivity contribution is 6.07. The van der Waals surface area contributed by atoms with Crippen LogP contribution >= 0.6 is 0 Å². The van der Waals surface area contributed by atoms with Gasteiger partial charge in [0.1, 0.15) is 5.75 Å². The Morgan fingerprint density at radius 2 is 2.05 bits per heavy atom. The van der Waals surface area contributed by atoms with Crippen LogP contribution in [0.1, 0.15) is 10.4 Å². The molecule has 0 aliphatic carbocycles. The molecule has 100 valence electrons. The summed E-state index contributed by atoms with van der Waals surface area (Å²) >= 11 is 0. The average molecular weight is 268 g/mol. The Morgan fingerprint density at radius 3 is 2.80 bits per heavy atom. The minimum absolute atomic E-state index is 0.287. The van der Waals surface area contributed by atoms with Crippen molar-refractivity contribution < 1.29 is 9.53 Å². The second-order valence-corrected chi connectivity index (χ2v) is 3.89. The summed E-state index contributed by atoms with van der Waals surface area (Å²) in [6, 6.07) is 13.6. The monoisotopic (exact) mass is 268 g/mol. The molecule has 6 nitrogen and oxygen atoms in total. The molecule has 1 N–H and O–H groups in total. The van der Waals surface area contributed by atoms with Crippen LogP contribution in [0.25, 0.3) is 10.4 Å². The third-order valence-corrected chi connectivity index (χ3v) is 2.63. The summed E-state index contributed by atoms with van der Waals surface area (Å²) in [5.74, 6) is 0.299. The minimum atomic E-state index is -0.346. The fourth-order valence-electron chi connectivity index (χ4n) is 1.70. The van der Waals surface area contributed by atoms with Gasteiger partial charge in [-0.25, -0.2) is 0 Å². The van der Waals surface area contributed by atoms with Crippen molar-refractivity contribution in [3.8, 4) is 5.75 Å². The fourth-order valence-corrected chi connectivity index (χ4v) is 1.70. The Hall–Kier alpha value is -2.98. The van der Waals surface area contributed by atoms with Crippen molar-refractivity contribution in [2.75, 3.05) is 12.4 Å². The van der Waals surface area contributed by atoms with Crippen LogP contribution in [0.15, 0.2) is 53.6 Å². The maximum Gasteiger partial charge on any atom is 0.256 e. The fraction of sp³-hybridized carbons (Fsp3) is 0.0714. The van der Waals surface area contributed by atoms with Crippen molar-refractivity contribution in [2.45, 2.75) is 0 Å². The second-order valence-electron chi connectivity index (χ2n) is 3.89. The number of amides is 1. The first-order chi connectivity index (χ1) is 9.74. The van der Waals surface area contributed by atoms with E-state index in [2.05, 4.69) is 15.3 Å². The lowest BCUT2D eigenvalue weighted by Crippen LogP contribution is -2.11. The Balaban J connectivity index is 2.26. The Labute approximate surface area is 115 Å². The van der Waals surface area contributed by atoms with Gasteiger partial charge in [-0.2, -0.15) is 0 Å². The van der Waals surface area contributed by atoms with Crippen LogP contribution in [-0.4, -0.2) is 13.0 Å². The maximum atomic E-state index is 12.2. The highest BCUT2D eigenvalue weighted by Crippen LogP contribution is 2.22. The molecule has 2 aromatic carbocycles. The molecule has 0 aliphatic rings. The first-order valence-corrected chi connectivity index (χ1v) is 5.84. The van der Waals surface area contributed by atoms with Crippen molar-refractivity contribution in [1.82, 2.24) is 0 Å². The molecule has 0 radical (unpaired) electrons. The number of carbonyl (C=O) groups is 1. The normalized spacial score (nSPS) is 9.45. The molecule has 20 heavy (non-hydrogen) atoms. The first kappa shape index (κ1) is 13.5. The molecule has 0 unspecified atom stereocenters. The van der Waals surface area contributed by atoms with E-state index >= 15 is 0 Å². The Morgan fingerprint density at radius 1 is 1.25 bits per heavy atom. The number of nitrogens with one attached hydrogen (secondary N) is 1.